The van der Waals surface area contributed by atoms with Crippen LogP contribution in [0.2, 0.25) is 0 Å². The Bertz CT molecular complexity index is 350. The Hall–Kier alpha value is -1.22. The zero-order chi connectivity index (χ0) is 12.8. The Morgan fingerprint density at radius 2 is 2.00 bits per heavy atom. The number of likely N-dealkylation sites (N-methyl/N-ethyl adjacent to an activating group) is 1. The highest BCUT2D eigenvalue weighted by Gasteiger charge is 2.11. The molecule has 1 unspecified atom stereocenters. The SMILES string of the molecule is CCOc1cc(OC)ccc1CC(C)N(C)C. The second-order valence-electron chi connectivity index (χ2n) is 4.42. The Balaban J connectivity index is 2.89. The van der Waals surface area contributed by atoms with Crippen LogP contribution in [0.4, 0.5) is 0 Å². The second-order valence-corrected chi connectivity index (χ2v) is 4.42. The lowest BCUT2D eigenvalue weighted by Crippen LogP contribution is -2.26. The molecule has 1 rings (SSSR count). The molecule has 0 saturated carbocycles. The van der Waals surface area contributed by atoms with E-state index in [2.05, 4.69) is 32.0 Å². The molecule has 3 heteroatoms. The minimum Gasteiger partial charge on any atom is -0.497 e. The number of nitrogens with zero attached hydrogens (tertiary/aromatic N) is 1. The predicted octanol–water partition coefficient (Wildman–Crippen LogP) is 2.59. The topological polar surface area (TPSA) is 21.7 Å². The van der Waals surface area contributed by atoms with Gasteiger partial charge in [0.25, 0.3) is 0 Å². The van der Waals surface area contributed by atoms with Gasteiger partial charge in [-0.25, -0.2) is 0 Å². The lowest BCUT2D eigenvalue weighted by atomic mass is 10.1. The average Bonchev–Trinajstić information content (AvgIpc) is 2.31. The van der Waals surface area contributed by atoms with Gasteiger partial charge in [-0.2, -0.15) is 0 Å². The van der Waals surface area contributed by atoms with E-state index in [1.807, 2.05) is 19.1 Å². The minimum atomic E-state index is 0.489. The lowest BCUT2D eigenvalue weighted by Gasteiger charge is -2.21. The van der Waals surface area contributed by atoms with Crippen LogP contribution in [-0.2, 0) is 6.42 Å². The van der Waals surface area contributed by atoms with Gasteiger partial charge in [0, 0.05) is 12.1 Å². The molecule has 0 aliphatic heterocycles. The van der Waals surface area contributed by atoms with Gasteiger partial charge < -0.3 is 14.4 Å². The highest BCUT2D eigenvalue weighted by Crippen LogP contribution is 2.26. The molecular weight excluding hydrogens is 214 g/mol. The van der Waals surface area contributed by atoms with Crippen molar-refractivity contribution >= 4 is 0 Å². The quantitative estimate of drug-likeness (QED) is 0.759. The lowest BCUT2D eigenvalue weighted by molar-refractivity contribution is 0.300. The molecule has 0 N–H and O–H groups in total. The van der Waals surface area contributed by atoms with Crippen molar-refractivity contribution in [2.24, 2.45) is 0 Å². The maximum Gasteiger partial charge on any atom is 0.126 e. The molecule has 0 fully saturated rings. The van der Waals surface area contributed by atoms with Crippen molar-refractivity contribution in [3.8, 4) is 11.5 Å². The summed E-state index contributed by atoms with van der Waals surface area (Å²) in [5, 5.41) is 0. The van der Waals surface area contributed by atoms with Gasteiger partial charge >= 0.3 is 0 Å². The largest absolute Gasteiger partial charge is 0.497 e. The summed E-state index contributed by atoms with van der Waals surface area (Å²) in [6, 6.07) is 6.52. The maximum absolute atomic E-state index is 5.66. The van der Waals surface area contributed by atoms with E-state index in [1.165, 1.54) is 5.56 Å². The molecular formula is C14H23NO2. The fourth-order valence-electron chi connectivity index (χ4n) is 1.62. The Labute approximate surface area is 104 Å². The smallest absolute Gasteiger partial charge is 0.126 e. The summed E-state index contributed by atoms with van der Waals surface area (Å²) >= 11 is 0. The molecule has 0 aliphatic rings. The van der Waals surface area contributed by atoms with E-state index in [4.69, 9.17) is 9.47 Å². The standard InChI is InChI=1S/C14H23NO2/c1-6-17-14-10-13(16-5)8-7-12(14)9-11(2)15(3)4/h7-8,10-11H,6,9H2,1-5H3. The monoisotopic (exact) mass is 237 g/mol. The third-order valence-corrected chi connectivity index (χ3v) is 2.97. The van der Waals surface area contributed by atoms with Crippen LogP contribution >= 0.6 is 0 Å². The molecule has 17 heavy (non-hydrogen) atoms. The molecule has 1 aromatic rings. The van der Waals surface area contributed by atoms with Crippen LogP contribution in [0.15, 0.2) is 18.2 Å². The molecule has 0 amide bonds. The van der Waals surface area contributed by atoms with Gasteiger partial charge in [0.1, 0.15) is 11.5 Å². The van der Waals surface area contributed by atoms with Gasteiger partial charge in [-0.05, 0) is 46.0 Å². The van der Waals surface area contributed by atoms with E-state index in [9.17, 15) is 0 Å². The van der Waals surface area contributed by atoms with Crippen molar-refractivity contribution in [1.29, 1.82) is 0 Å². The average molecular weight is 237 g/mol. The van der Waals surface area contributed by atoms with Gasteiger partial charge in [-0.15, -0.1) is 0 Å². The summed E-state index contributed by atoms with van der Waals surface area (Å²) in [6.45, 7) is 4.88. The highest BCUT2D eigenvalue weighted by atomic mass is 16.5. The van der Waals surface area contributed by atoms with Crippen LogP contribution in [0.1, 0.15) is 19.4 Å². The number of methoxy groups -OCH3 is 1. The molecule has 1 atom stereocenters. The second kappa shape index (κ2) is 6.50. The summed E-state index contributed by atoms with van der Waals surface area (Å²) in [5.41, 5.74) is 1.23. The molecule has 96 valence electrons. The molecule has 3 nitrogen and oxygen atoms in total. The van der Waals surface area contributed by atoms with Crippen LogP contribution in [-0.4, -0.2) is 38.8 Å². The number of rotatable bonds is 6. The normalized spacial score (nSPS) is 12.6. The predicted molar refractivity (Wildman–Crippen MR) is 71.0 cm³/mol. The Morgan fingerprint density at radius 3 is 2.53 bits per heavy atom. The molecule has 0 bridgehead atoms. The van der Waals surface area contributed by atoms with Crippen LogP contribution in [0.5, 0.6) is 11.5 Å². The van der Waals surface area contributed by atoms with Crippen molar-refractivity contribution in [1.82, 2.24) is 4.90 Å². The third kappa shape index (κ3) is 3.93. The molecule has 0 aliphatic carbocycles. The van der Waals surface area contributed by atoms with Crippen LogP contribution in [0.3, 0.4) is 0 Å². The Morgan fingerprint density at radius 1 is 1.29 bits per heavy atom. The van der Waals surface area contributed by atoms with Crippen molar-refractivity contribution in [2.45, 2.75) is 26.3 Å². The number of hydrogen-bond acceptors (Lipinski definition) is 3. The molecule has 1 aromatic carbocycles. The molecule has 0 saturated heterocycles. The van der Waals surface area contributed by atoms with Crippen LogP contribution in [0, 0.1) is 0 Å². The van der Waals surface area contributed by atoms with Crippen molar-refractivity contribution in [3.63, 3.8) is 0 Å². The number of hydrogen-bond donors (Lipinski definition) is 0. The number of benzene rings is 1. The van der Waals surface area contributed by atoms with Crippen molar-refractivity contribution < 1.29 is 9.47 Å². The molecule has 0 radical (unpaired) electrons. The zero-order valence-corrected chi connectivity index (χ0v) is 11.5. The minimum absolute atomic E-state index is 0.489. The summed E-state index contributed by atoms with van der Waals surface area (Å²) in [6.07, 6.45) is 0.978. The first-order chi connectivity index (χ1) is 8.08. The molecule has 0 aromatic heterocycles. The summed E-state index contributed by atoms with van der Waals surface area (Å²) in [4.78, 5) is 2.21. The zero-order valence-electron chi connectivity index (χ0n) is 11.5. The van der Waals surface area contributed by atoms with Gasteiger partial charge in [0.15, 0.2) is 0 Å². The summed E-state index contributed by atoms with van der Waals surface area (Å²) < 4.78 is 10.9. The third-order valence-electron chi connectivity index (χ3n) is 2.97. The number of ether oxygens (including phenoxy) is 2. The van der Waals surface area contributed by atoms with E-state index in [0.29, 0.717) is 12.6 Å². The fourth-order valence-corrected chi connectivity index (χ4v) is 1.62. The van der Waals surface area contributed by atoms with Crippen LogP contribution in [0.25, 0.3) is 0 Å². The van der Waals surface area contributed by atoms with Gasteiger partial charge in [0.2, 0.25) is 0 Å². The van der Waals surface area contributed by atoms with Gasteiger partial charge in [-0.1, -0.05) is 6.07 Å². The maximum atomic E-state index is 5.66. The van der Waals surface area contributed by atoms with Crippen molar-refractivity contribution in [2.75, 3.05) is 27.8 Å². The first-order valence-electron chi connectivity index (χ1n) is 6.04. The van der Waals surface area contributed by atoms with E-state index in [1.54, 1.807) is 7.11 Å². The Kier molecular flexibility index (Phi) is 5.29. The van der Waals surface area contributed by atoms with E-state index < -0.39 is 0 Å². The molecule has 0 heterocycles. The summed E-state index contributed by atoms with van der Waals surface area (Å²) in [5.74, 6) is 1.77. The summed E-state index contributed by atoms with van der Waals surface area (Å²) in [7, 11) is 5.86. The van der Waals surface area contributed by atoms with E-state index >= 15 is 0 Å². The first kappa shape index (κ1) is 13.8. The molecule has 0 spiro atoms. The van der Waals surface area contributed by atoms with Gasteiger partial charge in [0.05, 0.1) is 13.7 Å². The fraction of sp³-hybridized carbons (Fsp3) is 0.571. The van der Waals surface area contributed by atoms with E-state index in [-0.39, 0.29) is 0 Å². The van der Waals surface area contributed by atoms with Gasteiger partial charge in [-0.3, -0.25) is 0 Å². The van der Waals surface area contributed by atoms with Crippen LogP contribution < -0.4 is 9.47 Å². The first-order valence-corrected chi connectivity index (χ1v) is 6.04. The highest BCUT2D eigenvalue weighted by molar-refractivity contribution is 5.41. The van der Waals surface area contributed by atoms with E-state index in [0.717, 1.165) is 17.9 Å². The van der Waals surface area contributed by atoms with Crippen molar-refractivity contribution in [3.05, 3.63) is 23.8 Å².